The molecule has 0 spiro atoms. The van der Waals surface area contributed by atoms with Gasteiger partial charge in [0, 0.05) is 23.1 Å². The Hall–Kier alpha value is -1.75. The van der Waals surface area contributed by atoms with Crippen LogP contribution in [-0.4, -0.2) is 29.8 Å². The molecule has 25 heavy (non-hydrogen) atoms. The Morgan fingerprint density at radius 2 is 1.52 bits per heavy atom. The number of hydrogen-bond donors (Lipinski definition) is 1. The molecule has 130 valence electrons. The number of hydrogen-bond acceptors (Lipinski definition) is 2. The average Bonchev–Trinajstić information content (AvgIpc) is 3.10. The molecule has 1 N–H and O–H groups in total. The van der Waals surface area contributed by atoms with Crippen molar-refractivity contribution in [1.29, 1.82) is 0 Å². The molecule has 0 saturated carbocycles. The lowest BCUT2D eigenvalue weighted by Crippen LogP contribution is -2.29. The van der Waals surface area contributed by atoms with E-state index in [9.17, 15) is 9.59 Å². The molecule has 0 unspecified atom stereocenters. The van der Waals surface area contributed by atoms with Crippen LogP contribution in [0.15, 0.2) is 36.4 Å². The molecule has 1 heterocycles. The zero-order valence-electron chi connectivity index (χ0n) is 13.2. The largest absolute Gasteiger partial charge is 0.339 e. The van der Waals surface area contributed by atoms with Crippen LogP contribution in [0.1, 0.15) is 33.6 Å². The van der Waals surface area contributed by atoms with E-state index in [1.165, 1.54) is 12.1 Å². The first-order valence-corrected chi connectivity index (χ1v) is 8.94. The summed E-state index contributed by atoms with van der Waals surface area (Å²) in [5.74, 6) is -0.558. The third-order valence-electron chi connectivity index (χ3n) is 4.03. The molecule has 0 aliphatic carbocycles. The number of benzene rings is 2. The van der Waals surface area contributed by atoms with Crippen LogP contribution in [0.3, 0.4) is 0 Å². The molecule has 1 aliphatic heterocycles. The Bertz CT molecular complexity index is 833. The van der Waals surface area contributed by atoms with Gasteiger partial charge in [0.15, 0.2) is 0 Å². The van der Waals surface area contributed by atoms with Crippen molar-refractivity contribution in [3.63, 3.8) is 0 Å². The van der Waals surface area contributed by atoms with Gasteiger partial charge in [-0.15, -0.1) is 0 Å². The average molecular weight is 398 g/mol. The zero-order chi connectivity index (χ0) is 18.0. The van der Waals surface area contributed by atoms with Crippen molar-refractivity contribution >= 4 is 52.3 Å². The highest BCUT2D eigenvalue weighted by Crippen LogP contribution is 2.26. The Morgan fingerprint density at radius 1 is 0.880 bits per heavy atom. The van der Waals surface area contributed by atoms with Crippen LogP contribution < -0.4 is 5.32 Å². The summed E-state index contributed by atoms with van der Waals surface area (Å²) in [5, 5.41) is 3.87. The van der Waals surface area contributed by atoms with Crippen LogP contribution in [0.5, 0.6) is 0 Å². The summed E-state index contributed by atoms with van der Waals surface area (Å²) in [4.78, 5) is 27.0. The minimum absolute atomic E-state index is 0.141. The van der Waals surface area contributed by atoms with Gasteiger partial charge >= 0.3 is 0 Å². The SMILES string of the molecule is O=C(Nc1ccc(Cl)cc1C(=O)N1CCCC1)c1ccc(Cl)cc1Cl. The van der Waals surface area contributed by atoms with E-state index in [-0.39, 0.29) is 16.5 Å². The van der Waals surface area contributed by atoms with Crippen molar-refractivity contribution in [3.8, 4) is 0 Å². The maximum absolute atomic E-state index is 12.7. The summed E-state index contributed by atoms with van der Waals surface area (Å²) >= 11 is 18.0. The summed E-state index contributed by atoms with van der Waals surface area (Å²) in [7, 11) is 0. The van der Waals surface area contributed by atoms with Gasteiger partial charge in [0.25, 0.3) is 11.8 Å². The molecule has 1 fully saturated rings. The molecule has 0 aromatic heterocycles. The lowest BCUT2D eigenvalue weighted by atomic mass is 10.1. The molecular weight excluding hydrogens is 383 g/mol. The number of nitrogens with zero attached hydrogens (tertiary/aromatic N) is 1. The van der Waals surface area contributed by atoms with Gasteiger partial charge in [-0.3, -0.25) is 9.59 Å². The summed E-state index contributed by atoms with van der Waals surface area (Å²) in [6.07, 6.45) is 1.96. The summed E-state index contributed by atoms with van der Waals surface area (Å²) in [6, 6.07) is 9.44. The van der Waals surface area contributed by atoms with Gasteiger partial charge in [-0.25, -0.2) is 0 Å². The molecule has 2 aromatic rings. The lowest BCUT2D eigenvalue weighted by molar-refractivity contribution is 0.0794. The fraction of sp³-hybridized carbons (Fsp3) is 0.222. The fourth-order valence-corrected chi connectivity index (χ4v) is 3.42. The maximum Gasteiger partial charge on any atom is 0.257 e. The molecule has 2 amide bonds. The van der Waals surface area contributed by atoms with Gasteiger partial charge in [0.2, 0.25) is 0 Å². The molecule has 0 bridgehead atoms. The van der Waals surface area contributed by atoms with Crippen molar-refractivity contribution in [3.05, 3.63) is 62.6 Å². The number of halogens is 3. The second-order valence-electron chi connectivity index (χ2n) is 5.77. The number of amides is 2. The van der Waals surface area contributed by atoms with E-state index in [0.717, 1.165) is 12.8 Å². The van der Waals surface area contributed by atoms with E-state index >= 15 is 0 Å². The topological polar surface area (TPSA) is 49.4 Å². The highest BCUT2D eigenvalue weighted by Gasteiger charge is 2.23. The highest BCUT2D eigenvalue weighted by molar-refractivity contribution is 6.37. The molecule has 0 radical (unpaired) electrons. The van der Waals surface area contributed by atoms with Crippen LogP contribution in [0.2, 0.25) is 15.1 Å². The lowest BCUT2D eigenvalue weighted by Gasteiger charge is -2.18. The number of carbonyl (C=O) groups is 2. The number of rotatable bonds is 3. The molecule has 3 rings (SSSR count). The first kappa shape index (κ1) is 18.1. The number of carbonyl (C=O) groups excluding carboxylic acids is 2. The van der Waals surface area contributed by atoms with Gasteiger partial charge in [0.05, 0.1) is 21.8 Å². The molecule has 1 aliphatic rings. The second-order valence-corrected chi connectivity index (χ2v) is 7.05. The Balaban J connectivity index is 1.89. The van der Waals surface area contributed by atoms with Crippen molar-refractivity contribution in [2.75, 3.05) is 18.4 Å². The number of anilines is 1. The number of nitrogens with one attached hydrogen (secondary N) is 1. The first-order chi connectivity index (χ1) is 12.0. The number of likely N-dealkylation sites (tertiary alicyclic amines) is 1. The molecule has 2 aromatic carbocycles. The molecule has 4 nitrogen and oxygen atoms in total. The van der Waals surface area contributed by atoms with Gasteiger partial charge in [-0.2, -0.15) is 0 Å². The molecule has 1 saturated heterocycles. The first-order valence-electron chi connectivity index (χ1n) is 7.81. The van der Waals surface area contributed by atoms with E-state index in [4.69, 9.17) is 34.8 Å². The van der Waals surface area contributed by atoms with E-state index in [2.05, 4.69) is 5.32 Å². The minimum Gasteiger partial charge on any atom is -0.339 e. The predicted octanol–water partition coefficient (Wildman–Crippen LogP) is 5.14. The molecule has 0 atom stereocenters. The zero-order valence-corrected chi connectivity index (χ0v) is 15.5. The van der Waals surface area contributed by atoms with Gasteiger partial charge in [-0.1, -0.05) is 34.8 Å². The molecule has 7 heteroatoms. The van der Waals surface area contributed by atoms with Crippen LogP contribution in [0.25, 0.3) is 0 Å². The van der Waals surface area contributed by atoms with Crippen LogP contribution in [0.4, 0.5) is 5.69 Å². The summed E-state index contributed by atoms with van der Waals surface area (Å²) in [5.41, 5.74) is 1.05. The van der Waals surface area contributed by atoms with E-state index in [1.54, 1.807) is 29.2 Å². The standard InChI is InChI=1S/C18H15Cl3N2O2/c19-11-4-6-16(14(9-11)18(25)23-7-1-2-8-23)22-17(24)13-5-3-12(20)10-15(13)21/h3-6,9-10H,1-2,7-8H2,(H,22,24). The van der Waals surface area contributed by atoms with Crippen LogP contribution in [0, 0.1) is 0 Å². The Kier molecular flexibility index (Phi) is 5.52. The van der Waals surface area contributed by atoms with E-state index in [0.29, 0.717) is 34.4 Å². The quantitative estimate of drug-likeness (QED) is 0.780. The Morgan fingerprint density at radius 3 is 2.20 bits per heavy atom. The monoisotopic (exact) mass is 396 g/mol. The maximum atomic E-state index is 12.7. The van der Waals surface area contributed by atoms with Gasteiger partial charge < -0.3 is 10.2 Å². The van der Waals surface area contributed by atoms with Gasteiger partial charge in [-0.05, 0) is 49.2 Å². The third-order valence-corrected chi connectivity index (χ3v) is 4.81. The van der Waals surface area contributed by atoms with Crippen molar-refractivity contribution < 1.29 is 9.59 Å². The Labute approximate surface area is 160 Å². The smallest absolute Gasteiger partial charge is 0.257 e. The van der Waals surface area contributed by atoms with E-state index < -0.39 is 5.91 Å². The molecular formula is C18H15Cl3N2O2. The summed E-state index contributed by atoms with van der Waals surface area (Å²) in [6.45, 7) is 1.42. The normalized spacial score (nSPS) is 13.8. The van der Waals surface area contributed by atoms with Gasteiger partial charge in [0.1, 0.15) is 0 Å². The summed E-state index contributed by atoms with van der Waals surface area (Å²) < 4.78 is 0. The second kappa shape index (κ2) is 7.65. The van der Waals surface area contributed by atoms with Crippen molar-refractivity contribution in [1.82, 2.24) is 4.90 Å². The van der Waals surface area contributed by atoms with Crippen molar-refractivity contribution in [2.45, 2.75) is 12.8 Å². The van der Waals surface area contributed by atoms with Crippen LogP contribution >= 0.6 is 34.8 Å². The fourth-order valence-electron chi connectivity index (χ4n) is 2.76. The minimum atomic E-state index is -0.417. The highest BCUT2D eigenvalue weighted by atomic mass is 35.5. The van der Waals surface area contributed by atoms with Crippen molar-refractivity contribution in [2.24, 2.45) is 0 Å². The predicted molar refractivity (Wildman–Crippen MR) is 101 cm³/mol. The van der Waals surface area contributed by atoms with E-state index in [1.807, 2.05) is 0 Å². The third kappa shape index (κ3) is 4.09. The van der Waals surface area contributed by atoms with Crippen LogP contribution in [-0.2, 0) is 0 Å².